The van der Waals surface area contributed by atoms with Gasteiger partial charge < -0.3 is 4.90 Å². The van der Waals surface area contributed by atoms with Gasteiger partial charge in [-0.3, -0.25) is 9.79 Å². The molecule has 2 aromatic carbocycles. The van der Waals surface area contributed by atoms with Gasteiger partial charge >= 0.3 is 0 Å². The molecule has 2 aromatic rings. The van der Waals surface area contributed by atoms with Crippen LogP contribution in [0.3, 0.4) is 0 Å². The third-order valence-corrected chi connectivity index (χ3v) is 4.41. The van der Waals surface area contributed by atoms with Gasteiger partial charge in [-0.25, -0.2) is 4.39 Å². The number of benzene rings is 2. The number of nitrogens with zero attached hydrogens (tertiary/aromatic N) is 2. The van der Waals surface area contributed by atoms with Crippen molar-refractivity contribution >= 4 is 51.5 Å². The minimum absolute atomic E-state index is 0.0242. The number of carbonyl (C=O) groups excluding carboxylic acids is 1. The van der Waals surface area contributed by atoms with E-state index in [1.54, 1.807) is 31.3 Å². The minimum atomic E-state index is -0.367. The third kappa shape index (κ3) is 2.75. The normalized spacial score (nSPS) is 14.5. The summed E-state index contributed by atoms with van der Waals surface area (Å²) >= 11 is 8.13. The fourth-order valence-corrected chi connectivity index (χ4v) is 3.00. The summed E-state index contributed by atoms with van der Waals surface area (Å²) in [6, 6.07) is 10.1. The Morgan fingerprint density at radius 3 is 2.73 bits per heavy atom. The maximum absolute atomic E-state index is 14.3. The molecule has 112 valence electrons. The van der Waals surface area contributed by atoms with E-state index in [1.807, 2.05) is 28.7 Å². The van der Waals surface area contributed by atoms with Crippen molar-refractivity contribution < 1.29 is 9.18 Å². The molecule has 0 N–H and O–H groups in total. The van der Waals surface area contributed by atoms with Crippen molar-refractivity contribution in [3.8, 4) is 0 Å². The first-order valence-corrected chi connectivity index (χ1v) is 7.99. The monoisotopic (exact) mass is 424 g/mol. The summed E-state index contributed by atoms with van der Waals surface area (Å²) in [5.74, 6) is -0.516. The van der Waals surface area contributed by atoms with Crippen molar-refractivity contribution in [2.24, 2.45) is 4.99 Å². The Hall–Kier alpha value is -1.47. The quantitative estimate of drug-likeness (QED) is 0.639. The van der Waals surface area contributed by atoms with Crippen molar-refractivity contribution in [3.05, 3.63) is 61.9 Å². The third-order valence-electron chi connectivity index (χ3n) is 3.51. The molecule has 0 aromatic heterocycles. The Balaban J connectivity index is 2.25. The van der Waals surface area contributed by atoms with Crippen LogP contribution in [-0.4, -0.2) is 25.2 Å². The predicted octanol–water partition coefficient (Wildman–Crippen LogP) is 3.90. The molecule has 1 amide bonds. The zero-order chi connectivity index (χ0) is 15.9. The topological polar surface area (TPSA) is 32.7 Å². The maximum Gasteiger partial charge on any atom is 0.248 e. The van der Waals surface area contributed by atoms with E-state index in [1.165, 1.54) is 11.0 Å². The second-order valence-corrected chi connectivity index (χ2v) is 6.59. The van der Waals surface area contributed by atoms with Crippen LogP contribution in [0.2, 0.25) is 5.02 Å². The van der Waals surface area contributed by atoms with Gasteiger partial charge in [-0.2, -0.15) is 0 Å². The second kappa shape index (κ2) is 5.96. The molecule has 1 heterocycles. The molecule has 0 atom stereocenters. The molecule has 0 saturated heterocycles. The number of hydrogen-bond acceptors (Lipinski definition) is 2. The zero-order valence-electron chi connectivity index (χ0n) is 11.6. The molecule has 6 heteroatoms. The lowest BCUT2D eigenvalue weighted by Crippen LogP contribution is -2.27. The summed E-state index contributed by atoms with van der Waals surface area (Å²) in [5.41, 5.74) is 2.14. The van der Waals surface area contributed by atoms with Gasteiger partial charge in [0.25, 0.3) is 0 Å². The molecule has 0 fully saturated rings. The molecule has 0 unspecified atom stereocenters. The van der Waals surface area contributed by atoms with E-state index in [9.17, 15) is 9.18 Å². The Bertz CT molecular complexity index is 807. The first kappa shape index (κ1) is 15.4. The Morgan fingerprint density at radius 2 is 2.00 bits per heavy atom. The van der Waals surface area contributed by atoms with E-state index in [0.717, 1.165) is 3.57 Å². The van der Waals surface area contributed by atoms with Gasteiger partial charge in [0, 0.05) is 26.8 Å². The van der Waals surface area contributed by atoms with Crippen molar-refractivity contribution in [2.75, 3.05) is 18.5 Å². The lowest BCUT2D eigenvalue weighted by atomic mass is 10.00. The summed E-state index contributed by atoms with van der Waals surface area (Å²) < 4.78 is 15.1. The number of anilines is 1. The highest BCUT2D eigenvalue weighted by Crippen LogP contribution is 2.29. The molecule has 0 bridgehead atoms. The van der Waals surface area contributed by atoms with E-state index < -0.39 is 0 Å². The first-order valence-electron chi connectivity index (χ1n) is 6.53. The Labute approximate surface area is 145 Å². The van der Waals surface area contributed by atoms with E-state index in [2.05, 4.69) is 4.99 Å². The van der Waals surface area contributed by atoms with Crippen LogP contribution in [-0.2, 0) is 4.79 Å². The van der Waals surface area contributed by atoms with Crippen molar-refractivity contribution in [1.82, 2.24) is 0 Å². The number of likely N-dealkylation sites (N-methyl/N-ethyl adjacent to an activating group) is 1. The second-order valence-electron chi connectivity index (χ2n) is 4.90. The molecular formula is C16H11ClFIN2O. The highest BCUT2D eigenvalue weighted by atomic mass is 124. The molecule has 0 radical (unpaired) electrons. The van der Waals surface area contributed by atoms with Crippen LogP contribution in [0.1, 0.15) is 11.1 Å². The van der Waals surface area contributed by atoms with Gasteiger partial charge in [0.1, 0.15) is 12.4 Å². The number of rotatable bonds is 1. The predicted molar refractivity (Wildman–Crippen MR) is 94.5 cm³/mol. The van der Waals surface area contributed by atoms with Crippen LogP contribution in [0.25, 0.3) is 0 Å². The summed E-state index contributed by atoms with van der Waals surface area (Å²) in [6.45, 7) is -0.0242. The van der Waals surface area contributed by atoms with Crippen molar-refractivity contribution in [1.29, 1.82) is 0 Å². The zero-order valence-corrected chi connectivity index (χ0v) is 14.5. The van der Waals surface area contributed by atoms with E-state index in [0.29, 0.717) is 27.5 Å². The Morgan fingerprint density at radius 1 is 1.23 bits per heavy atom. The smallest absolute Gasteiger partial charge is 0.248 e. The molecule has 0 spiro atoms. The van der Waals surface area contributed by atoms with Crippen LogP contribution in [0.4, 0.5) is 10.1 Å². The summed E-state index contributed by atoms with van der Waals surface area (Å²) in [6.07, 6.45) is 0. The fraction of sp³-hybridized carbons (Fsp3) is 0.125. The lowest BCUT2D eigenvalue weighted by molar-refractivity contribution is -0.116. The first-order chi connectivity index (χ1) is 10.5. The highest BCUT2D eigenvalue weighted by molar-refractivity contribution is 14.1. The highest BCUT2D eigenvalue weighted by Gasteiger charge is 2.24. The lowest BCUT2D eigenvalue weighted by Gasteiger charge is -2.18. The van der Waals surface area contributed by atoms with E-state index >= 15 is 0 Å². The van der Waals surface area contributed by atoms with Gasteiger partial charge in [-0.05, 0) is 59.0 Å². The van der Waals surface area contributed by atoms with Crippen LogP contribution in [0.15, 0.2) is 41.4 Å². The van der Waals surface area contributed by atoms with Gasteiger partial charge in [0.2, 0.25) is 5.91 Å². The van der Waals surface area contributed by atoms with E-state index in [4.69, 9.17) is 11.6 Å². The van der Waals surface area contributed by atoms with Crippen LogP contribution < -0.4 is 4.90 Å². The van der Waals surface area contributed by atoms with Gasteiger partial charge in [0.05, 0.1) is 11.4 Å². The van der Waals surface area contributed by atoms with Crippen LogP contribution >= 0.6 is 34.2 Å². The average molecular weight is 425 g/mol. The van der Waals surface area contributed by atoms with Crippen molar-refractivity contribution in [2.45, 2.75) is 0 Å². The standard InChI is InChI=1S/C16H11ClFIN2O/c1-21-14-5-2-9(17)6-12(14)16(20-8-15(21)22)11-4-3-10(19)7-13(11)18/h2-7H,8H2,1H3/i18-1,19-3. The number of fused-ring (bicyclic) bond motifs is 1. The number of benzodiazepines with no additional fused rings is 1. The summed E-state index contributed by atoms with van der Waals surface area (Å²) in [5, 5.41) is 0.514. The molecule has 1 aliphatic rings. The van der Waals surface area contributed by atoms with Gasteiger partial charge in [-0.1, -0.05) is 11.6 Å². The minimum Gasteiger partial charge on any atom is -0.313 e. The van der Waals surface area contributed by atoms with Gasteiger partial charge in [0.15, 0.2) is 0 Å². The molecular weight excluding hydrogens is 414 g/mol. The van der Waals surface area contributed by atoms with E-state index in [-0.39, 0.29) is 18.3 Å². The molecule has 0 aliphatic carbocycles. The number of hydrogen-bond donors (Lipinski definition) is 0. The maximum atomic E-state index is 14.3. The molecule has 1 aliphatic heterocycles. The number of aliphatic imine (C=N–C) groups is 1. The molecule has 3 nitrogen and oxygen atoms in total. The number of amides is 1. The number of carbonyl (C=O) groups is 1. The molecule has 3 rings (SSSR count). The van der Waals surface area contributed by atoms with Crippen LogP contribution in [0, 0.1) is 9.39 Å². The number of halogens is 3. The summed E-state index contributed by atoms with van der Waals surface area (Å²) in [7, 11) is 1.68. The SMILES string of the molecule is CN1C(=O)CN=C(c2ccc([124I])cc2[18F])c2cc(Cl)ccc21. The van der Waals surface area contributed by atoms with Gasteiger partial charge in [-0.15, -0.1) is 0 Å². The molecule has 22 heavy (non-hydrogen) atoms. The fourth-order valence-electron chi connectivity index (χ4n) is 2.37. The largest absolute Gasteiger partial charge is 0.313 e. The van der Waals surface area contributed by atoms with Crippen LogP contribution in [0.5, 0.6) is 0 Å². The summed E-state index contributed by atoms with van der Waals surface area (Å²) in [4.78, 5) is 17.9. The van der Waals surface area contributed by atoms with Crippen molar-refractivity contribution in [3.63, 3.8) is 0 Å². The molecule has 0 saturated carbocycles. The Kier molecular flexibility index (Phi) is 4.18. The average Bonchev–Trinajstić information content (AvgIpc) is 2.58.